The highest BCUT2D eigenvalue weighted by molar-refractivity contribution is 8.00. The van der Waals surface area contributed by atoms with Crippen LogP contribution in [0.2, 0.25) is 0 Å². The van der Waals surface area contributed by atoms with Gasteiger partial charge in [0, 0.05) is 23.6 Å². The van der Waals surface area contributed by atoms with Crippen molar-refractivity contribution >= 4 is 63.6 Å². The van der Waals surface area contributed by atoms with Crippen LogP contribution in [0.5, 0.6) is 0 Å². The molecule has 1 unspecified atom stereocenters. The van der Waals surface area contributed by atoms with Gasteiger partial charge in [-0.05, 0) is 33.6 Å². The Labute approximate surface area is 240 Å². The zero-order chi connectivity index (χ0) is 29.6. The zero-order valence-electron chi connectivity index (χ0n) is 23.1. The van der Waals surface area contributed by atoms with Crippen molar-refractivity contribution in [1.82, 2.24) is 15.2 Å². The van der Waals surface area contributed by atoms with Gasteiger partial charge in [0.1, 0.15) is 29.3 Å². The van der Waals surface area contributed by atoms with Crippen LogP contribution < -0.4 is 10.6 Å². The summed E-state index contributed by atoms with van der Waals surface area (Å²) in [5, 5.41) is 16.3. The van der Waals surface area contributed by atoms with Gasteiger partial charge in [0.15, 0.2) is 5.13 Å². The first-order chi connectivity index (χ1) is 18.8. The first-order valence-corrected chi connectivity index (χ1v) is 14.8. The molecule has 3 heterocycles. The third-order valence-corrected chi connectivity index (χ3v) is 7.87. The molecule has 0 aliphatic carbocycles. The van der Waals surface area contributed by atoms with Gasteiger partial charge in [-0.3, -0.25) is 24.6 Å². The number of β-lactam (4-membered cyclic amide) rings is 1. The number of nitrogens with one attached hydrogen (secondary N) is 2. The largest absolute Gasteiger partial charge is 0.477 e. The smallest absolute Gasteiger partial charge is 0.413 e. The van der Waals surface area contributed by atoms with Crippen LogP contribution >= 0.6 is 23.1 Å². The van der Waals surface area contributed by atoms with Crippen molar-refractivity contribution in [3.63, 3.8) is 0 Å². The molecule has 2 aliphatic heterocycles. The molecular formula is C26H34N4O8S2. The molecule has 1 aromatic heterocycles. The minimum atomic E-state index is -1.31. The van der Waals surface area contributed by atoms with Gasteiger partial charge < -0.3 is 19.9 Å². The Kier molecular flexibility index (Phi) is 10.4. The van der Waals surface area contributed by atoms with Crippen molar-refractivity contribution in [2.75, 3.05) is 17.7 Å². The molecule has 1 fully saturated rings. The fourth-order valence-electron chi connectivity index (χ4n) is 4.00. The van der Waals surface area contributed by atoms with Gasteiger partial charge in [-0.2, -0.15) is 0 Å². The second-order valence-corrected chi connectivity index (χ2v) is 12.1. The van der Waals surface area contributed by atoms with Gasteiger partial charge in [0.05, 0.1) is 11.3 Å². The number of thioether (sulfide) groups is 1. The van der Waals surface area contributed by atoms with Gasteiger partial charge in [0.2, 0.25) is 0 Å². The lowest BCUT2D eigenvalue weighted by Gasteiger charge is -2.49. The summed E-state index contributed by atoms with van der Waals surface area (Å²) in [7, 11) is 0. The Hall–Kier alpha value is -3.39. The highest BCUT2D eigenvalue weighted by Crippen LogP contribution is 2.40. The van der Waals surface area contributed by atoms with Crippen LogP contribution in [0.25, 0.3) is 5.57 Å². The van der Waals surface area contributed by atoms with Gasteiger partial charge in [0.25, 0.3) is 11.8 Å². The highest BCUT2D eigenvalue weighted by atomic mass is 32.2. The molecule has 218 valence electrons. The lowest BCUT2D eigenvalue weighted by atomic mass is 10.0. The van der Waals surface area contributed by atoms with E-state index < -0.39 is 46.9 Å². The van der Waals surface area contributed by atoms with Crippen LogP contribution in [-0.2, 0) is 28.7 Å². The van der Waals surface area contributed by atoms with E-state index in [1.54, 1.807) is 32.2 Å². The third-order valence-electron chi connectivity index (χ3n) is 5.77. The number of amides is 3. The van der Waals surface area contributed by atoms with Crippen LogP contribution in [0, 0.1) is 0 Å². The number of unbranched alkanes of at least 4 members (excludes halogenated alkanes) is 3. The second-order valence-electron chi connectivity index (χ2n) is 10.2. The van der Waals surface area contributed by atoms with Crippen LogP contribution in [0.4, 0.5) is 9.93 Å². The summed E-state index contributed by atoms with van der Waals surface area (Å²) in [5.41, 5.74) is -0.0220. The molecule has 2 atom stereocenters. The number of aromatic nitrogens is 1. The Morgan fingerprint density at radius 1 is 1.25 bits per heavy atom. The fraction of sp³-hybridized carbons (Fsp3) is 0.538. The van der Waals surface area contributed by atoms with Crippen molar-refractivity contribution in [2.24, 2.45) is 0 Å². The van der Waals surface area contributed by atoms with Crippen molar-refractivity contribution < 1.29 is 38.6 Å². The molecule has 3 amide bonds. The molecule has 0 spiro atoms. The zero-order valence-corrected chi connectivity index (χ0v) is 24.7. The van der Waals surface area contributed by atoms with Crippen molar-refractivity contribution in [1.29, 1.82) is 0 Å². The maximum atomic E-state index is 13.4. The number of carboxylic acid groups (broad SMARTS) is 1. The highest BCUT2D eigenvalue weighted by Gasteiger charge is 2.54. The second kappa shape index (κ2) is 13.3. The summed E-state index contributed by atoms with van der Waals surface area (Å²) in [6, 6.07) is -0.945. The van der Waals surface area contributed by atoms with E-state index in [0.717, 1.165) is 35.5 Å². The predicted molar refractivity (Wildman–Crippen MR) is 150 cm³/mol. The van der Waals surface area contributed by atoms with Crippen LogP contribution in [0.3, 0.4) is 0 Å². The Morgan fingerprint density at radius 2 is 1.98 bits per heavy atom. The van der Waals surface area contributed by atoms with Crippen molar-refractivity contribution in [3.8, 4) is 0 Å². The monoisotopic (exact) mass is 594 g/mol. The topological polar surface area (TPSA) is 164 Å². The Bertz CT molecular complexity index is 1230. The maximum absolute atomic E-state index is 13.4. The summed E-state index contributed by atoms with van der Waals surface area (Å²) < 4.78 is 10.2. The quantitative estimate of drug-likeness (QED) is 0.149. The average Bonchev–Trinajstić information content (AvgIpc) is 3.31. The normalized spacial score (nSPS) is 19.0. The lowest BCUT2D eigenvalue weighted by molar-refractivity contribution is -0.150. The number of rotatable bonds is 11. The Morgan fingerprint density at radius 3 is 2.60 bits per heavy atom. The number of carbonyl (C=O) groups is 5. The van der Waals surface area contributed by atoms with Gasteiger partial charge >= 0.3 is 18.0 Å². The molecule has 3 N–H and O–H groups in total. The number of carbonyl (C=O) groups excluding carboxylic acids is 4. The number of ether oxygens (including phenoxy) is 2. The molecule has 40 heavy (non-hydrogen) atoms. The number of esters is 1. The fourth-order valence-corrected chi connectivity index (χ4v) is 6.03. The minimum Gasteiger partial charge on any atom is -0.477 e. The van der Waals surface area contributed by atoms with E-state index in [2.05, 4.69) is 22.5 Å². The van der Waals surface area contributed by atoms with Crippen LogP contribution in [0.15, 0.2) is 22.7 Å². The molecule has 0 radical (unpaired) electrons. The standard InChI is InChI=1S/C26H34N4O8S2/c1-6-7-8-9-10-16(17-13-40-24(27-17)29-25(36)38-26(3,4)5)20(32)28-18-21(33)30-19(23(34)35)15(11-37-14(2)31)12-39-22(18)30/h10,13,18,22H,6-9,11-12H2,1-5H3,(H,28,32)(H,34,35)(H,27,29,36)/b16-10-/t18?,22-/m0/s1. The van der Waals surface area contributed by atoms with Gasteiger partial charge in [-0.1, -0.05) is 25.8 Å². The van der Waals surface area contributed by atoms with E-state index in [-0.39, 0.29) is 28.8 Å². The van der Waals surface area contributed by atoms with Crippen molar-refractivity contribution in [3.05, 3.63) is 28.4 Å². The number of thiazole rings is 1. The van der Waals surface area contributed by atoms with Gasteiger partial charge in [-0.25, -0.2) is 14.6 Å². The van der Waals surface area contributed by atoms with Crippen molar-refractivity contribution in [2.45, 2.75) is 77.3 Å². The summed E-state index contributed by atoms with van der Waals surface area (Å²) in [6.45, 7) is 8.28. The third kappa shape index (κ3) is 7.84. The number of hydrogen-bond acceptors (Lipinski definition) is 10. The first-order valence-electron chi connectivity index (χ1n) is 12.8. The number of carboxylic acids is 1. The number of aliphatic carboxylic acids is 1. The molecular weight excluding hydrogens is 560 g/mol. The Balaban J connectivity index is 1.76. The molecule has 1 aromatic rings. The predicted octanol–water partition coefficient (Wildman–Crippen LogP) is 3.76. The maximum Gasteiger partial charge on any atom is 0.413 e. The first kappa shape index (κ1) is 31.1. The van der Waals surface area contributed by atoms with E-state index >= 15 is 0 Å². The average molecular weight is 595 g/mol. The number of fused-ring (bicyclic) bond motifs is 1. The molecule has 12 nitrogen and oxygen atoms in total. The summed E-state index contributed by atoms with van der Waals surface area (Å²) in [4.78, 5) is 67.2. The molecule has 0 aromatic carbocycles. The lowest BCUT2D eigenvalue weighted by Crippen LogP contribution is -2.70. The summed E-state index contributed by atoms with van der Waals surface area (Å²) in [6.07, 6.45) is 4.52. The van der Waals surface area contributed by atoms with Crippen LogP contribution in [-0.4, -0.2) is 74.2 Å². The van der Waals surface area contributed by atoms with Crippen LogP contribution in [0.1, 0.15) is 66.0 Å². The number of hydrogen-bond donors (Lipinski definition) is 3. The molecule has 3 rings (SSSR count). The van der Waals surface area contributed by atoms with E-state index in [1.165, 1.54) is 18.7 Å². The number of allylic oxidation sites excluding steroid dienone is 1. The molecule has 0 saturated carbocycles. The van der Waals surface area contributed by atoms with E-state index in [1.807, 2.05) is 0 Å². The molecule has 1 saturated heterocycles. The summed E-state index contributed by atoms with van der Waals surface area (Å²) in [5.74, 6) is -2.75. The number of anilines is 1. The molecule has 14 heteroatoms. The van der Waals surface area contributed by atoms with E-state index in [4.69, 9.17) is 9.47 Å². The van der Waals surface area contributed by atoms with E-state index in [0.29, 0.717) is 17.7 Å². The molecule has 2 aliphatic rings. The minimum absolute atomic E-state index is 0.223. The summed E-state index contributed by atoms with van der Waals surface area (Å²) >= 11 is 2.41. The SMILES string of the molecule is CCCCC/C=C(\C(=O)NC1C(=O)N2C(C(=O)O)=C(COC(C)=O)CS[C@@H]12)c1csc(NC(=O)OC(C)(C)C)n1. The molecule has 0 bridgehead atoms. The number of nitrogens with zero attached hydrogens (tertiary/aromatic N) is 2. The van der Waals surface area contributed by atoms with E-state index in [9.17, 15) is 29.1 Å². The van der Waals surface area contributed by atoms with Gasteiger partial charge in [-0.15, -0.1) is 23.1 Å².